The number of carbonyl (C=O) groups is 1. The summed E-state index contributed by atoms with van der Waals surface area (Å²) >= 11 is 13.6. The molecule has 0 saturated carbocycles. The average molecular weight is 355 g/mol. The van der Waals surface area contributed by atoms with Gasteiger partial charge in [-0.05, 0) is 29.8 Å². The highest BCUT2D eigenvalue weighted by atomic mass is 35.5. The van der Waals surface area contributed by atoms with Gasteiger partial charge in [-0.3, -0.25) is 9.78 Å². The van der Waals surface area contributed by atoms with E-state index in [-0.39, 0.29) is 5.91 Å². The Kier molecular flexibility index (Phi) is 7.03. The summed E-state index contributed by atoms with van der Waals surface area (Å²) in [5.41, 5.74) is 1.89. The number of hydrogen-bond acceptors (Lipinski definition) is 3. The van der Waals surface area contributed by atoms with Gasteiger partial charge in [-0.25, -0.2) is 0 Å². The van der Waals surface area contributed by atoms with Crippen LogP contribution in [0.2, 0.25) is 10.0 Å². The van der Waals surface area contributed by atoms with E-state index in [1.165, 1.54) is 0 Å². The van der Waals surface area contributed by atoms with E-state index >= 15 is 0 Å². The van der Waals surface area contributed by atoms with Gasteiger partial charge in [0.2, 0.25) is 5.91 Å². The van der Waals surface area contributed by atoms with Gasteiger partial charge in [0.1, 0.15) is 0 Å². The zero-order chi connectivity index (χ0) is 15.8. The largest absolute Gasteiger partial charge is 0.352 e. The van der Waals surface area contributed by atoms with Crippen molar-refractivity contribution >= 4 is 40.9 Å². The Balaban J connectivity index is 1.65. The molecule has 0 saturated heterocycles. The molecule has 0 spiro atoms. The third-order valence-corrected chi connectivity index (χ3v) is 4.52. The Labute approximate surface area is 144 Å². The summed E-state index contributed by atoms with van der Waals surface area (Å²) in [7, 11) is 0. The van der Waals surface area contributed by atoms with Crippen LogP contribution in [0.4, 0.5) is 0 Å². The molecule has 1 aromatic carbocycles. The number of thioether (sulfide) groups is 1. The van der Waals surface area contributed by atoms with Crippen LogP contribution in [0.15, 0.2) is 42.6 Å². The van der Waals surface area contributed by atoms with Crippen molar-refractivity contribution in [1.29, 1.82) is 0 Å². The molecule has 1 heterocycles. The first-order valence-corrected chi connectivity index (χ1v) is 8.74. The van der Waals surface area contributed by atoms with E-state index in [0.29, 0.717) is 23.0 Å². The lowest BCUT2D eigenvalue weighted by molar-refractivity contribution is -0.120. The predicted octanol–water partition coefficient (Wildman–Crippen LogP) is 4.33. The maximum Gasteiger partial charge on any atom is 0.221 e. The molecule has 0 bridgehead atoms. The number of hydrogen-bond donors (Lipinski definition) is 1. The lowest BCUT2D eigenvalue weighted by Gasteiger charge is -2.07. The summed E-state index contributed by atoms with van der Waals surface area (Å²) in [6, 6.07) is 11.1. The molecule has 1 amide bonds. The highest BCUT2D eigenvalue weighted by Crippen LogP contribution is 2.20. The molecule has 0 unspecified atom stereocenters. The predicted molar refractivity (Wildman–Crippen MR) is 93.3 cm³/mol. The van der Waals surface area contributed by atoms with Crippen LogP contribution in [-0.2, 0) is 17.1 Å². The fourth-order valence-corrected chi connectivity index (χ4v) is 3.10. The lowest BCUT2D eigenvalue weighted by atomic mass is 10.2. The molecule has 0 fully saturated rings. The second kappa shape index (κ2) is 9.03. The van der Waals surface area contributed by atoms with E-state index in [4.69, 9.17) is 23.2 Å². The van der Waals surface area contributed by atoms with Crippen LogP contribution in [0.1, 0.15) is 17.7 Å². The van der Waals surface area contributed by atoms with Crippen LogP contribution < -0.4 is 5.32 Å². The first-order valence-electron chi connectivity index (χ1n) is 6.83. The second-order valence-corrected chi connectivity index (χ2v) is 6.58. The zero-order valence-electron chi connectivity index (χ0n) is 11.9. The Hall–Kier alpha value is -1.23. The van der Waals surface area contributed by atoms with Crippen LogP contribution >= 0.6 is 35.0 Å². The molecule has 0 aliphatic heterocycles. The standard InChI is InChI=1S/C16H16Cl2N2OS/c17-13-5-4-12(15(18)9-13)10-20-16(21)6-8-22-11-14-3-1-2-7-19-14/h1-5,7,9H,6,8,10-11H2,(H,20,21). The minimum atomic E-state index is 0.0135. The average Bonchev–Trinajstić information content (AvgIpc) is 2.52. The Bertz CT molecular complexity index is 623. The Morgan fingerprint density at radius 1 is 1.23 bits per heavy atom. The smallest absolute Gasteiger partial charge is 0.221 e. The number of amides is 1. The number of rotatable bonds is 7. The third-order valence-electron chi connectivity index (χ3n) is 2.94. The molecule has 116 valence electrons. The summed E-state index contributed by atoms with van der Waals surface area (Å²) in [6.45, 7) is 0.416. The fourth-order valence-electron chi connectivity index (χ4n) is 1.77. The number of aromatic nitrogens is 1. The summed E-state index contributed by atoms with van der Waals surface area (Å²) in [5.74, 6) is 1.59. The van der Waals surface area contributed by atoms with Crippen molar-refractivity contribution in [3.8, 4) is 0 Å². The van der Waals surface area contributed by atoms with E-state index in [0.717, 1.165) is 22.8 Å². The highest BCUT2D eigenvalue weighted by Gasteiger charge is 2.05. The normalized spacial score (nSPS) is 10.5. The summed E-state index contributed by atoms with van der Waals surface area (Å²) in [4.78, 5) is 16.0. The van der Waals surface area contributed by atoms with E-state index in [1.807, 2.05) is 24.3 Å². The molecule has 0 atom stereocenters. The lowest BCUT2D eigenvalue weighted by Crippen LogP contribution is -2.23. The van der Waals surface area contributed by atoms with E-state index in [1.54, 1.807) is 30.1 Å². The van der Waals surface area contributed by atoms with Gasteiger partial charge in [-0.1, -0.05) is 35.3 Å². The maximum atomic E-state index is 11.8. The minimum Gasteiger partial charge on any atom is -0.352 e. The van der Waals surface area contributed by atoms with Crippen molar-refractivity contribution in [2.75, 3.05) is 5.75 Å². The minimum absolute atomic E-state index is 0.0135. The number of nitrogens with one attached hydrogen (secondary N) is 1. The van der Waals surface area contributed by atoms with Crippen LogP contribution in [0.5, 0.6) is 0 Å². The molecular formula is C16H16Cl2N2OS. The molecule has 6 heteroatoms. The first kappa shape index (κ1) is 17.1. The molecule has 2 rings (SSSR count). The van der Waals surface area contributed by atoms with Crippen LogP contribution in [0, 0.1) is 0 Å². The van der Waals surface area contributed by atoms with E-state index in [2.05, 4.69) is 10.3 Å². The van der Waals surface area contributed by atoms with Gasteiger partial charge in [0.25, 0.3) is 0 Å². The Morgan fingerprint density at radius 3 is 2.82 bits per heavy atom. The monoisotopic (exact) mass is 354 g/mol. The van der Waals surface area contributed by atoms with Crippen LogP contribution in [-0.4, -0.2) is 16.6 Å². The molecule has 1 N–H and O–H groups in total. The van der Waals surface area contributed by atoms with Crippen molar-refractivity contribution in [1.82, 2.24) is 10.3 Å². The quantitative estimate of drug-likeness (QED) is 0.752. The van der Waals surface area contributed by atoms with Crippen molar-refractivity contribution in [2.24, 2.45) is 0 Å². The van der Waals surface area contributed by atoms with Crippen molar-refractivity contribution in [2.45, 2.75) is 18.7 Å². The highest BCUT2D eigenvalue weighted by molar-refractivity contribution is 7.98. The molecular weight excluding hydrogens is 339 g/mol. The number of pyridine rings is 1. The Morgan fingerprint density at radius 2 is 2.09 bits per heavy atom. The SMILES string of the molecule is O=C(CCSCc1ccccn1)NCc1ccc(Cl)cc1Cl. The fraction of sp³-hybridized carbons (Fsp3) is 0.250. The summed E-state index contributed by atoms with van der Waals surface area (Å²) < 4.78 is 0. The number of halogens is 2. The number of nitrogens with zero attached hydrogens (tertiary/aromatic N) is 1. The number of benzene rings is 1. The van der Waals surface area contributed by atoms with E-state index < -0.39 is 0 Å². The zero-order valence-corrected chi connectivity index (χ0v) is 14.2. The van der Waals surface area contributed by atoms with Gasteiger partial charge in [-0.15, -0.1) is 0 Å². The van der Waals surface area contributed by atoms with Crippen LogP contribution in [0.25, 0.3) is 0 Å². The summed E-state index contributed by atoms with van der Waals surface area (Å²) in [5, 5.41) is 4.02. The van der Waals surface area contributed by atoms with Gasteiger partial charge < -0.3 is 5.32 Å². The van der Waals surface area contributed by atoms with Gasteiger partial charge in [0.05, 0.1) is 5.69 Å². The maximum absolute atomic E-state index is 11.8. The van der Waals surface area contributed by atoms with Gasteiger partial charge in [0, 0.05) is 40.7 Å². The summed E-state index contributed by atoms with van der Waals surface area (Å²) in [6.07, 6.45) is 2.25. The second-order valence-electron chi connectivity index (χ2n) is 4.64. The topological polar surface area (TPSA) is 42.0 Å². The molecule has 1 aromatic heterocycles. The van der Waals surface area contributed by atoms with Crippen LogP contribution in [0.3, 0.4) is 0 Å². The van der Waals surface area contributed by atoms with Crippen molar-refractivity contribution < 1.29 is 4.79 Å². The third kappa shape index (κ3) is 5.87. The molecule has 0 radical (unpaired) electrons. The van der Waals surface area contributed by atoms with E-state index in [9.17, 15) is 4.79 Å². The molecule has 2 aromatic rings. The first-order chi connectivity index (χ1) is 10.6. The number of carbonyl (C=O) groups excluding carboxylic acids is 1. The van der Waals surface area contributed by atoms with Gasteiger partial charge >= 0.3 is 0 Å². The van der Waals surface area contributed by atoms with Crippen molar-refractivity contribution in [3.63, 3.8) is 0 Å². The molecule has 22 heavy (non-hydrogen) atoms. The van der Waals surface area contributed by atoms with Crippen molar-refractivity contribution in [3.05, 3.63) is 63.9 Å². The van der Waals surface area contributed by atoms with Gasteiger partial charge in [0.15, 0.2) is 0 Å². The molecule has 0 aliphatic rings. The molecule has 3 nitrogen and oxygen atoms in total. The van der Waals surface area contributed by atoms with Gasteiger partial charge in [-0.2, -0.15) is 11.8 Å². The molecule has 0 aliphatic carbocycles.